The van der Waals surface area contributed by atoms with Crippen molar-refractivity contribution in [3.05, 3.63) is 24.1 Å². The predicted octanol–water partition coefficient (Wildman–Crippen LogP) is 3.04. The van der Waals surface area contributed by atoms with Crippen molar-refractivity contribution in [1.82, 2.24) is 9.88 Å². The molecular formula is C16H23FN4O2. The van der Waals surface area contributed by atoms with Gasteiger partial charge in [-0.05, 0) is 32.9 Å². The number of hydrogen-bond acceptors (Lipinski definition) is 5. The molecule has 7 heteroatoms. The van der Waals surface area contributed by atoms with Crippen LogP contribution in [0.2, 0.25) is 0 Å². The number of aromatic nitrogens is 1. The highest BCUT2D eigenvalue weighted by Gasteiger charge is 2.25. The second kappa shape index (κ2) is 6.93. The Labute approximate surface area is 135 Å². The summed E-state index contributed by atoms with van der Waals surface area (Å²) in [4.78, 5) is 17.7. The van der Waals surface area contributed by atoms with Crippen molar-refractivity contribution in [2.24, 2.45) is 5.10 Å². The van der Waals surface area contributed by atoms with Crippen molar-refractivity contribution in [1.29, 1.82) is 0 Å². The largest absolute Gasteiger partial charge is 0.444 e. The van der Waals surface area contributed by atoms with Gasteiger partial charge < -0.3 is 9.64 Å². The summed E-state index contributed by atoms with van der Waals surface area (Å²) in [7, 11) is 1.77. The van der Waals surface area contributed by atoms with E-state index in [1.807, 2.05) is 20.8 Å². The van der Waals surface area contributed by atoms with Crippen LogP contribution in [0, 0.1) is 5.82 Å². The minimum absolute atomic E-state index is 0.287. The number of hydrogen-bond donors (Lipinski definition) is 0. The quantitative estimate of drug-likeness (QED) is 0.785. The fraction of sp³-hybridized carbons (Fsp3) is 0.562. The molecule has 6 nitrogen and oxygen atoms in total. The van der Waals surface area contributed by atoms with Crippen LogP contribution in [0.3, 0.4) is 0 Å². The van der Waals surface area contributed by atoms with E-state index in [9.17, 15) is 9.18 Å². The third-order valence-corrected chi connectivity index (χ3v) is 3.33. The SMILES string of the molecule is CN(N=C1CCN(C(=O)OC(C)(C)C)CC1)c1ccc(F)cn1. The van der Waals surface area contributed by atoms with E-state index in [0.717, 1.165) is 11.9 Å². The molecule has 2 rings (SSSR count). The van der Waals surface area contributed by atoms with Crippen molar-refractivity contribution in [2.45, 2.75) is 39.2 Å². The van der Waals surface area contributed by atoms with Crippen molar-refractivity contribution in [2.75, 3.05) is 25.1 Å². The summed E-state index contributed by atoms with van der Waals surface area (Å²) in [6.07, 6.45) is 2.25. The number of pyridine rings is 1. The molecule has 1 saturated heterocycles. The van der Waals surface area contributed by atoms with E-state index < -0.39 is 5.60 Å². The number of piperidine rings is 1. The summed E-state index contributed by atoms with van der Waals surface area (Å²) < 4.78 is 18.2. The summed E-state index contributed by atoms with van der Waals surface area (Å²) in [5.74, 6) is 0.203. The van der Waals surface area contributed by atoms with Gasteiger partial charge in [0.1, 0.15) is 17.2 Å². The van der Waals surface area contributed by atoms with E-state index in [1.54, 1.807) is 23.0 Å². The maximum atomic E-state index is 12.9. The van der Waals surface area contributed by atoms with Gasteiger partial charge in [-0.1, -0.05) is 0 Å². The Morgan fingerprint density at radius 1 is 1.35 bits per heavy atom. The van der Waals surface area contributed by atoms with Gasteiger partial charge in [0.25, 0.3) is 0 Å². The van der Waals surface area contributed by atoms with Gasteiger partial charge in [0, 0.05) is 38.7 Å². The van der Waals surface area contributed by atoms with Crippen molar-refractivity contribution in [3.8, 4) is 0 Å². The first kappa shape index (κ1) is 17.2. The standard InChI is InChI=1S/C16H23FN4O2/c1-16(2,3)23-15(22)21-9-7-13(8-10-21)19-20(4)14-6-5-12(17)11-18-14/h5-6,11H,7-10H2,1-4H3. The number of carbonyl (C=O) groups excluding carboxylic acids is 1. The molecule has 1 aliphatic heterocycles. The highest BCUT2D eigenvalue weighted by atomic mass is 19.1. The molecule has 1 aliphatic rings. The van der Waals surface area contributed by atoms with Crippen LogP contribution in [-0.2, 0) is 4.74 Å². The first-order valence-corrected chi connectivity index (χ1v) is 7.64. The zero-order chi connectivity index (χ0) is 17.0. The third kappa shape index (κ3) is 5.19. The Morgan fingerprint density at radius 3 is 2.52 bits per heavy atom. The molecule has 2 heterocycles. The summed E-state index contributed by atoms with van der Waals surface area (Å²) in [6.45, 7) is 6.72. The molecule has 23 heavy (non-hydrogen) atoms. The van der Waals surface area contributed by atoms with E-state index >= 15 is 0 Å². The molecule has 1 fully saturated rings. The number of amides is 1. The number of halogens is 1. The number of likely N-dealkylation sites (tertiary alicyclic amines) is 1. The fourth-order valence-corrected chi connectivity index (χ4v) is 2.20. The predicted molar refractivity (Wildman–Crippen MR) is 87.1 cm³/mol. The molecule has 0 saturated carbocycles. The van der Waals surface area contributed by atoms with Crippen LogP contribution < -0.4 is 5.01 Å². The lowest BCUT2D eigenvalue weighted by molar-refractivity contribution is 0.0249. The van der Waals surface area contributed by atoms with Crippen LogP contribution in [0.1, 0.15) is 33.6 Å². The summed E-state index contributed by atoms with van der Waals surface area (Å²) >= 11 is 0. The molecule has 126 valence electrons. The van der Waals surface area contributed by atoms with Gasteiger partial charge in [-0.25, -0.2) is 14.2 Å². The highest BCUT2D eigenvalue weighted by molar-refractivity contribution is 5.87. The molecule has 0 N–H and O–H groups in total. The smallest absolute Gasteiger partial charge is 0.410 e. The zero-order valence-electron chi connectivity index (χ0n) is 14.0. The van der Waals surface area contributed by atoms with E-state index in [-0.39, 0.29) is 11.9 Å². The lowest BCUT2D eigenvalue weighted by atomic mass is 10.1. The summed E-state index contributed by atoms with van der Waals surface area (Å²) in [6, 6.07) is 2.93. The average molecular weight is 322 g/mol. The van der Waals surface area contributed by atoms with E-state index in [1.165, 1.54) is 6.07 Å². The van der Waals surface area contributed by atoms with Crippen molar-refractivity contribution >= 4 is 17.6 Å². The first-order chi connectivity index (χ1) is 10.7. The third-order valence-electron chi connectivity index (χ3n) is 3.33. The molecule has 1 amide bonds. The lowest BCUT2D eigenvalue weighted by Crippen LogP contribution is -2.42. The Balaban J connectivity index is 1.90. The monoisotopic (exact) mass is 322 g/mol. The highest BCUT2D eigenvalue weighted by Crippen LogP contribution is 2.16. The fourth-order valence-electron chi connectivity index (χ4n) is 2.20. The average Bonchev–Trinajstić information content (AvgIpc) is 2.46. The van der Waals surface area contributed by atoms with Gasteiger partial charge in [0.2, 0.25) is 0 Å². The molecule has 0 atom stereocenters. The van der Waals surface area contributed by atoms with Gasteiger partial charge >= 0.3 is 6.09 Å². The van der Waals surface area contributed by atoms with Gasteiger partial charge in [-0.15, -0.1) is 0 Å². The van der Waals surface area contributed by atoms with Crippen molar-refractivity contribution < 1.29 is 13.9 Å². The first-order valence-electron chi connectivity index (χ1n) is 7.64. The van der Waals surface area contributed by atoms with Crippen molar-refractivity contribution in [3.63, 3.8) is 0 Å². The van der Waals surface area contributed by atoms with Crippen LogP contribution in [-0.4, -0.2) is 47.4 Å². The number of nitrogens with zero attached hydrogens (tertiary/aromatic N) is 4. The van der Waals surface area contributed by atoms with Gasteiger partial charge in [0.15, 0.2) is 0 Å². The summed E-state index contributed by atoms with van der Waals surface area (Å²) in [5, 5.41) is 6.11. The Morgan fingerprint density at radius 2 is 2.00 bits per heavy atom. The maximum Gasteiger partial charge on any atom is 0.410 e. The number of rotatable bonds is 2. The van der Waals surface area contributed by atoms with E-state index in [2.05, 4.69) is 10.1 Å². The topological polar surface area (TPSA) is 58.0 Å². The molecule has 0 bridgehead atoms. The second-order valence-electron chi connectivity index (χ2n) is 6.49. The summed E-state index contributed by atoms with van der Waals surface area (Å²) in [5.41, 5.74) is 0.498. The molecule has 0 aromatic carbocycles. The minimum atomic E-state index is -0.486. The maximum absolute atomic E-state index is 12.9. The van der Waals surface area contributed by atoms with Crippen LogP contribution in [0.5, 0.6) is 0 Å². The van der Waals surface area contributed by atoms with Crippen LogP contribution in [0.4, 0.5) is 15.0 Å². The number of hydrazone groups is 1. The normalized spacial score (nSPS) is 15.3. The van der Waals surface area contributed by atoms with Crippen LogP contribution >= 0.6 is 0 Å². The molecular weight excluding hydrogens is 299 g/mol. The molecule has 0 spiro atoms. The van der Waals surface area contributed by atoms with Crippen LogP contribution in [0.15, 0.2) is 23.4 Å². The molecule has 1 aromatic heterocycles. The van der Waals surface area contributed by atoms with Gasteiger partial charge in [-0.2, -0.15) is 5.10 Å². The van der Waals surface area contributed by atoms with E-state index in [0.29, 0.717) is 31.7 Å². The second-order valence-corrected chi connectivity index (χ2v) is 6.49. The number of ether oxygens (including phenoxy) is 1. The number of anilines is 1. The van der Waals surface area contributed by atoms with Gasteiger partial charge in [-0.3, -0.25) is 5.01 Å². The molecule has 0 aliphatic carbocycles. The molecule has 1 aromatic rings. The number of carbonyl (C=O) groups is 1. The van der Waals surface area contributed by atoms with Crippen LogP contribution in [0.25, 0.3) is 0 Å². The molecule has 0 radical (unpaired) electrons. The Bertz CT molecular complexity index is 571. The Kier molecular flexibility index (Phi) is 5.18. The Hall–Kier alpha value is -2.18. The zero-order valence-corrected chi connectivity index (χ0v) is 14.0. The molecule has 0 unspecified atom stereocenters. The minimum Gasteiger partial charge on any atom is -0.444 e. The lowest BCUT2D eigenvalue weighted by Gasteiger charge is -2.30. The van der Waals surface area contributed by atoms with E-state index in [4.69, 9.17) is 4.74 Å². The van der Waals surface area contributed by atoms with Gasteiger partial charge in [0.05, 0.1) is 6.20 Å².